The Kier molecular flexibility index (Phi) is 5.28. The summed E-state index contributed by atoms with van der Waals surface area (Å²) in [5.41, 5.74) is 1.33. The van der Waals surface area contributed by atoms with Crippen LogP contribution in [0.25, 0.3) is 0 Å². The topological polar surface area (TPSA) is 43.7 Å². The van der Waals surface area contributed by atoms with Crippen molar-refractivity contribution in [3.8, 4) is 5.75 Å². The molecule has 0 aliphatic carbocycles. The third-order valence-electron chi connectivity index (χ3n) is 5.66. The van der Waals surface area contributed by atoms with E-state index in [1.54, 1.807) is 17.4 Å². The fraction of sp³-hybridized carbons (Fsp3) is 0.500. The molecular formula is C20H27NO2S. The Labute approximate surface area is 148 Å². The van der Waals surface area contributed by atoms with Crippen LogP contribution in [0.3, 0.4) is 0 Å². The molecule has 1 aliphatic heterocycles. The van der Waals surface area contributed by atoms with Crippen LogP contribution in [0.4, 0.5) is 0 Å². The van der Waals surface area contributed by atoms with Crippen LogP contribution >= 0.6 is 11.3 Å². The van der Waals surface area contributed by atoms with Gasteiger partial charge in [0.05, 0.1) is 6.10 Å². The van der Waals surface area contributed by atoms with Gasteiger partial charge in [-0.25, -0.2) is 0 Å². The zero-order valence-electron chi connectivity index (χ0n) is 14.5. The number of nitrogens with zero attached hydrogens (tertiary/aromatic N) is 1. The number of piperidine rings is 1. The summed E-state index contributed by atoms with van der Waals surface area (Å²) >= 11 is 1.62. The first kappa shape index (κ1) is 17.5. The molecule has 3 nitrogen and oxygen atoms in total. The molecule has 1 saturated heterocycles. The number of hydrogen-bond acceptors (Lipinski definition) is 4. The largest absolute Gasteiger partial charge is 0.508 e. The molecule has 1 fully saturated rings. The van der Waals surface area contributed by atoms with E-state index in [2.05, 4.69) is 24.8 Å². The SMILES string of the molecule is C[C@@H]1CN(CCC(O)c2cccs2)CC[C@]1(C)c1cccc(O)c1. The molecule has 0 spiro atoms. The zero-order valence-corrected chi connectivity index (χ0v) is 15.3. The standard InChI is InChI=1S/C20H27NO2S/c1-15-14-21(10-8-18(23)19-7-4-12-24-19)11-9-20(15,2)16-5-3-6-17(22)13-16/h3-7,12-13,15,18,22-23H,8-11,14H2,1-2H3/t15-,18?,20+/m1/s1. The van der Waals surface area contributed by atoms with E-state index in [-0.39, 0.29) is 11.5 Å². The molecule has 0 amide bonds. The fourth-order valence-electron chi connectivity index (χ4n) is 3.74. The van der Waals surface area contributed by atoms with Crippen LogP contribution in [0.1, 0.15) is 43.2 Å². The number of phenolic OH excluding ortho intramolecular Hbond substituents is 1. The number of thiophene rings is 1. The van der Waals surface area contributed by atoms with E-state index in [4.69, 9.17) is 0 Å². The summed E-state index contributed by atoms with van der Waals surface area (Å²) < 4.78 is 0. The molecule has 1 aromatic carbocycles. The molecule has 1 aromatic heterocycles. The minimum absolute atomic E-state index is 0.0988. The number of phenols is 1. The summed E-state index contributed by atoms with van der Waals surface area (Å²) in [6.07, 6.45) is 1.52. The predicted octanol–water partition coefficient (Wildman–Crippen LogP) is 4.18. The van der Waals surface area contributed by atoms with Gasteiger partial charge in [0.25, 0.3) is 0 Å². The Bertz CT molecular complexity index is 657. The maximum atomic E-state index is 10.3. The van der Waals surface area contributed by atoms with Crippen molar-refractivity contribution in [2.45, 2.75) is 38.2 Å². The van der Waals surface area contributed by atoms with Crippen molar-refractivity contribution in [1.29, 1.82) is 0 Å². The maximum absolute atomic E-state index is 10.3. The van der Waals surface area contributed by atoms with Crippen molar-refractivity contribution in [2.24, 2.45) is 5.92 Å². The molecular weight excluding hydrogens is 318 g/mol. The third kappa shape index (κ3) is 3.66. The Hall–Kier alpha value is -1.36. The quantitative estimate of drug-likeness (QED) is 0.854. The second kappa shape index (κ2) is 7.26. The van der Waals surface area contributed by atoms with Gasteiger partial charge in [-0.05, 0) is 59.9 Å². The molecule has 3 atom stereocenters. The minimum atomic E-state index is -0.348. The van der Waals surface area contributed by atoms with Crippen molar-refractivity contribution in [1.82, 2.24) is 4.90 Å². The second-order valence-electron chi connectivity index (χ2n) is 7.24. The van der Waals surface area contributed by atoms with Gasteiger partial charge >= 0.3 is 0 Å². The highest BCUT2D eigenvalue weighted by Gasteiger charge is 2.38. The summed E-state index contributed by atoms with van der Waals surface area (Å²) in [6.45, 7) is 7.60. The lowest BCUT2D eigenvalue weighted by atomic mass is 9.68. The molecule has 24 heavy (non-hydrogen) atoms. The van der Waals surface area contributed by atoms with E-state index in [1.807, 2.05) is 29.6 Å². The Morgan fingerprint density at radius 3 is 2.83 bits per heavy atom. The molecule has 0 radical (unpaired) electrons. The van der Waals surface area contributed by atoms with Gasteiger partial charge in [-0.15, -0.1) is 11.3 Å². The van der Waals surface area contributed by atoms with Crippen LogP contribution < -0.4 is 0 Å². The lowest BCUT2D eigenvalue weighted by Crippen LogP contribution is -2.47. The number of aromatic hydroxyl groups is 1. The fourth-order valence-corrected chi connectivity index (χ4v) is 4.48. The number of aliphatic hydroxyl groups is 1. The predicted molar refractivity (Wildman–Crippen MR) is 99.6 cm³/mol. The van der Waals surface area contributed by atoms with Gasteiger partial charge in [0.15, 0.2) is 0 Å². The molecule has 130 valence electrons. The summed E-state index contributed by atoms with van der Waals surface area (Å²) in [7, 11) is 0. The van der Waals surface area contributed by atoms with E-state index in [0.717, 1.165) is 37.4 Å². The number of benzene rings is 1. The monoisotopic (exact) mass is 345 g/mol. The number of likely N-dealkylation sites (tertiary alicyclic amines) is 1. The smallest absolute Gasteiger partial charge is 0.115 e. The van der Waals surface area contributed by atoms with Crippen molar-refractivity contribution in [3.05, 3.63) is 52.2 Å². The average molecular weight is 346 g/mol. The molecule has 1 unspecified atom stereocenters. The molecule has 2 N–H and O–H groups in total. The van der Waals surface area contributed by atoms with Crippen LogP contribution in [0.15, 0.2) is 41.8 Å². The number of rotatable bonds is 5. The first-order chi connectivity index (χ1) is 11.5. The van der Waals surface area contributed by atoms with Crippen molar-refractivity contribution in [3.63, 3.8) is 0 Å². The molecule has 2 aromatic rings. The third-order valence-corrected chi connectivity index (χ3v) is 6.64. The molecule has 0 saturated carbocycles. The van der Waals surface area contributed by atoms with E-state index in [9.17, 15) is 10.2 Å². The highest BCUT2D eigenvalue weighted by atomic mass is 32.1. The Balaban J connectivity index is 1.59. The van der Waals surface area contributed by atoms with Crippen LogP contribution in [0.2, 0.25) is 0 Å². The van der Waals surface area contributed by atoms with Gasteiger partial charge in [0.1, 0.15) is 5.75 Å². The Morgan fingerprint density at radius 1 is 1.33 bits per heavy atom. The lowest BCUT2D eigenvalue weighted by Gasteiger charge is -2.45. The number of aliphatic hydroxyl groups excluding tert-OH is 1. The second-order valence-corrected chi connectivity index (χ2v) is 8.22. The molecule has 2 heterocycles. The van der Waals surface area contributed by atoms with Crippen LogP contribution in [-0.4, -0.2) is 34.7 Å². The molecule has 4 heteroatoms. The summed E-state index contributed by atoms with van der Waals surface area (Å²) in [4.78, 5) is 3.52. The highest BCUT2D eigenvalue weighted by molar-refractivity contribution is 7.10. The van der Waals surface area contributed by atoms with E-state index in [0.29, 0.717) is 11.7 Å². The molecule has 3 rings (SSSR count). The number of hydrogen-bond donors (Lipinski definition) is 2. The van der Waals surface area contributed by atoms with Crippen LogP contribution in [0.5, 0.6) is 5.75 Å². The van der Waals surface area contributed by atoms with E-state index < -0.39 is 0 Å². The highest BCUT2D eigenvalue weighted by Crippen LogP contribution is 2.40. The summed E-state index contributed by atoms with van der Waals surface area (Å²) in [5.74, 6) is 0.856. The zero-order chi connectivity index (χ0) is 17.2. The normalized spacial score (nSPS) is 26.4. The van der Waals surface area contributed by atoms with Gasteiger partial charge in [0, 0.05) is 18.0 Å². The van der Waals surface area contributed by atoms with Gasteiger partial charge in [-0.2, -0.15) is 0 Å². The van der Waals surface area contributed by atoms with Crippen LogP contribution in [-0.2, 0) is 5.41 Å². The molecule has 0 bridgehead atoms. The average Bonchev–Trinajstić information content (AvgIpc) is 3.10. The van der Waals surface area contributed by atoms with Gasteiger partial charge in [0.2, 0.25) is 0 Å². The van der Waals surface area contributed by atoms with Gasteiger partial charge in [-0.1, -0.05) is 32.0 Å². The molecule has 1 aliphatic rings. The lowest BCUT2D eigenvalue weighted by molar-refractivity contribution is 0.0877. The summed E-state index contributed by atoms with van der Waals surface area (Å²) in [5, 5.41) is 22.1. The van der Waals surface area contributed by atoms with E-state index in [1.165, 1.54) is 5.56 Å². The van der Waals surface area contributed by atoms with Crippen molar-refractivity contribution >= 4 is 11.3 Å². The van der Waals surface area contributed by atoms with Gasteiger partial charge in [-0.3, -0.25) is 0 Å². The van der Waals surface area contributed by atoms with Gasteiger partial charge < -0.3 is 15.1 Å². The van der Waals surface area contributed by atoms with Crippen LogP contribution in [0, 0.1) is 5.92 Å². The van der Waals surface area contributed by atoms with Crippen molar-refractivity contribution in [2.75, 3.05) is 19.6 Å². The Morgan fingerprint density at radius 2 is 2.17 bits per heavy atom. The maximum Gasteiger partial charge on any atom is 0.115 e. The summed E-state index contributed by atoms with van der Waals surface area (Å²) in [6, 6.07) is 11.7. The van der Waals surface area contributed by atoms with E-state index >= 15 is 0 Å². The first-order valence-electron chi connectivity index (χ1n) is 8.72. The first-order valence-corrected chi connectivity index (χ1v) is 9.60. The van der Waals surface area contributed by atoms with Crippen molar-refractivity contribution < 1.29 is 10.2 Å². The minimum Gasteiger partial charge on any atom is -0.508 e.